The van der Waals surface area contributed by atoms with Gasteiger partial charge in [0.2, 0.25) is 0 Å². The van der Waals surface area contributed by atoms with Crippen molar-refractivity contribution in [3.8, 4) is 0 Å². The molecule has 0 heterocycles. The molecule has 1 saturated carbocycles. The number of aliphatic hydroxyl groups is 1. The number of hydrogen-bond donors (Lipinski definition) is 2. The predicted octanol–water partition coefficient (Wildman–Crippen LogP) is 1.97. The van der Waals surface area contributed by atoms with Gasteiger partial charge in [0, 0.05) is 23.4 Å². The lowest BCUT2D eigenvalue weighted by Gasteiger charge is -2.50. The topological polar surface area (TPSA) is 66.4 Å². The van der Waals surface area contributed by atoms with Crippen LogP contribution in [0.5, 0.6) is 0 Å². The van der Waals surface area contributed by atoms with Crippen molar-refractivity contribution in [2.75, 3.05) is 11.6 Å². The van der Waals surface area contributed by atoms with E-state index in [1.54, 1.807) is 18.2 Å². The van der Waals surface area contributed by atoms with Crippen LogP contribution in [0.2, 0.25) is 0 Å². The Hall–Kier alpha value is -1.07. The minimum absolute atomic E-state index is 0.163. The van der Waals surface area contributed by atoms with E-state index in [4.69, 9.17) is 0 Å². The summed E-state index contributed by atoms with van der Waals surface area (Å²) in [6.45, 7) is 5.96. The zero-order valence-corrected chi connectivity index (χ0v) is 12.6. The van der Waals surface area contributed by atoms with Crippen molar-refractivity contribution in [1.29, 1.82) is 0 Å². The van der Waals surface area contributed by atoms with Gasteiger partial charge >= 0.3 is 0 Å². The summed E-state index contributed by atoms with van der Waals surface area (Å²) in [4.78, 5) is 0.318. The van der Waals surface area contributed by atoms with Gasteiger partial charge < -0.3 is 10.4 Å². The zero-order chi connectivity index (χ0) is 14.4. The third kappa shape index (κ3) is 2.62. The lowest BCUT2D eigenvalue weighted by Crippen LogP contribution is -2.57. The quantitative estimate of drug-likeness (QED) is 0.890. The van der Waals surface area contributed by atoms with E-state index in [-0.39, 0.29) is 17.6 Å². The molecule has 1 fully saturated rings. The Labute approximate surface area is 114 Å². The van der Waals surface area contributed by atoms with E-state index < -0.39 is 9.84 Å². The molecule has 2 rings (SSSR count). The van der Waals surface area contributed by atoms with Crippen LogP contribution in [0.1, 0.15) is 25.8 Å². The molecule has 0 radical (unpaired) electrons. The van der Waals surface area contributed by atoms with E-state index in [0.717, 1.165) is 11.3 Å². The van der Waals surface area contributed by atoms with Crippen LogP contribution in [0.25, 0.3) is 0 Å². The molecule has 0 aromatic heterocycles. The molecule has 5 heteroatoms. The predicted molar refractivity (Wildman–Crippen MR) is 76.1 cm³/mol. The lowest BCUT2D eigenvalue weighted by atomic mass is 9.64. The highest BCUT2D eigenvalue weighted by Crippen LogP contribution is 2.42. The third-order valence-electron chi connectivity index (χ3n) is 4.18. The average Bonchev–Trinajstić information content (AvgIpc) is 2.29. The minimum Gasteiger partial charge on any atom is -0.392 e. The highest BCUT2D eigenvalue weighted by atomic mass is 32.2. The van der Waals surface area contributed by atoms with E-state index >= 15 is 0 Å². The van der Waals surface area contributed by atoms with Crippen LogP contribution >= 0.6 is 0 Å². The van der Waals surface area contributed by atoms with E-state index in [2.05, 4.69) is 5.32 Å². The SMILES string of the molecule is Cc1ccc(S(C)(=O)=O)cc1NC1CC(O)C1(C)C. The van der Waals surface area contributed by atoms with Crippen LogP contribution in [-0.4, -0.2) is 31.9 Å². The summed E-state index contributed by atoms with van der Waals surface area (Å²) < 4.78 is 23.2. The van der Waals surface area contributed by atoms with Gasteiger partial charge in [0.05, 0.1) is 11.0 Å². The van der Waals surface area contributed by atoms with E-state index in [1.807, 2.05) is 20.8 Å². The van der Waals surface area contributed by atoms with Crippen LogP contribution in [0.4, 0.5) is 5.69 Å². The number of nitrogens with one attached hydrogen (secondary N) is 1. The molecule has 0 saturated heterocycles. The summed E-state index contributed by atoms with van der Waals surface area (Å²) in [6, 6.07) is 5.26. The van der Waals surface area contributed by atoms with Crippen molar-refractivity contribution in [2.45, 2.75) is 44.2 Å². The fraction of sp³-hybridized carbons (Fsp3) is 0.571. The molecule has 106 valence electrons. The molecule has 2 N–H and O–H groups in total. The van der Waals surface area contributed by atoms with Gasteiger partial charge in [0.15, 0.2) is 9.84 Å². The van der Waals surface area contributed by atoms with Crippen LogP contribution in [0.3, 0.4) is 0 Å². The summed E-state index contributed by atoms with van der Waals surface area (Å²) in [5, 5.41) is 13.1. The summed E-state index contributed by atoms with van der Waals surface area (Å²) in [5.74, 6) is 0. The third-order valence-corrected chi connectivity index (χ3v) is 5.29. The maximum atomic E-state index is 11.6. The molecule has 2 unspecified atom stereocenters. The highest BCUT2D eigenvalue weighted by molar-refractivity contribution is 7.90. The van der Waals surface area contributed by atoms with Crippen LogP contribution in [0, 0.1) is 12.3 Å². The highest BCUT2D eigenvalue weighted by Gasteiger charge is 2.47. The van der Waals surface area contributed by atoms with Gasteiger partial charge in [-0.2, -0.15) is 0 Å². The Morgan fingerprint density at radius 2 is 2.00 bits per heavy atom. The molecule has 0 aliphatic heterocycles. The summed E-state index contributed by atoms with van der Waals surface area (Å²) in [6.07, 6.45) is 1.59. The number of sulfone groups is 1. The van der Waals surface area contributed by atoms with Gasteiger partial charge in [-0.15, -0.1) is 0 Å². The number of benzene rings is 1. The second kappa shape index (κ2) is 4.49. The molecule has 1 aromatic carbocycles. The van der Waals surface area contributed by atoms with Crippen molar-refractivity contribution >= 4 is 15.5 Å². The largest absolute Gasteiger partial charge is 0.392 e. The summed E-state index contributed by atoms with van der Waals surface area (Å²) in [5.41, 5.74) is 1.64. The molecule has 19 heavy (non-hydrogen) atoms. The Morgan fingerprint density at radius 1 is 1.37 bits per heavy atom. The van der Waals surface area contributed by atoms with Crippen molar-refractivity contribution in [1.82, 2.24) is 0 Å². The monoisotopic (exact) mass is 283 g/mol. The van der Waals surface area contributed by atoms with E-state index in [0.29, 0.717) is 11.3 Å². The number of aliphatic hydroxyl groups excluding tert-OH is 1. The maximum absolute atomic E-state index is 11.6. The van der Waals surface area contributed by atoms with Gasteiger partial charge in [-0.25, -0.2) is 8.42 Å². The summed E-state index contributed by atoms with van der Waals surface area (Å²) in [7, 11) is -3.20. The normalized spacial score (nSPS) is 25.7. The Morgan fingerprint density at radius 3 is 2.47 bits per heavy atom. The number of anilines is 1. The molecule has 0 bridgehead atoms. The number of hydrogen-bond acceptors (Lipinski definition) is 4. The van der Waals surface area contributed by atoms with E-state index in [9.17, 15) is 13.5 Å². The minimum atomic E-state index is -3.20. The maximum Gasteiger partial charge on any atom is 0.175 e. The first-order valence-electron chi connectivity index (χ1n) is 6.37. The lowest BCUT2D eigenvalue weighted by molar-refractivity contribution is -0.0510. The summed E-state index contributed by atoms with van der Waals surface area (Å²) >= 11 is 0. The van der Waals surface area contributed by atoms with Gasteiger partial charge in [0.1, 0.15) is 0 Å². The molecule has 1 aliphatic carbocycles. The van der Waals surface area contributed by atoms with Gasteiger partial charge in [-0.1, -0.05) is 19.9 Å². The first kappa shape index (κ1) is 14.3. The Bertz CT molecular complexity index is 593. The molecule has 1 aliphatic rings. The molecule has 2 atom stereocenters. The van der Waals surface area contributed by atoms with Crippen molar-refractivity contribution in [3.63, 3.8) is 0 Å². The van der Waals surface area contributed by atoms with Gasteiger partial charge in [0.25, 0.3) is 0 Å². The second-order valence-electron chi connectivity index (χ2n) is 6.02. The molecular formula is C14H21NO3S. The van der Waals surface area contributed by atoms with Crippen LogP contribution in [0.15, 0.2) is 23.1 Å². The zero-order valence-electron chi connectivity index (χ0n) is 11.8. The van der Waals surface area contributed by atoms with Gasteiger partial charge in [-0.05, 0) is 31.0 Å². The standard InChI is InChI=1S/C14H21NO3S/c1-9-5-6-10(19(4,17)18)7-11(9)15-12-8-13(16)14(12,2)3/h5-7,12-13,15-16H,8H2,1-4H3. The van der Waals surface area contributed by atoms with Crippen LogP contribution in [-0.2, 0) is 9.84 Å². The number of rotatable bonds is 3. The first-order valence-corrected chi connectivity index (χ1v) is 8.27. The fourth-order valence-corrected chi connectivity index (χ4v) is 2.97. The molecule has 0 spiro atoms. The number of aryl methyl sites for hydroxylation is 1. The molecule has 1 aromatic rings. The van der Waals surface area contributed by atoms with Gasteiger partial charge in [-0.3, -0.25) is 0 Å². The van der Waals surface area contributed by atoms with Crippen molar-refractivity contribution < 1.29 is 13.5 Å². The molecule has 4 nitrogen and oxygen atoms in total. The second-order valence-corrected chi connectivity index (χ2v) is 8.03. The molecule has 0 amide bonds. The van der Waals surface area contributed by atoms with E-state index in [1.165, 1.54) is 6.26 Å². The first-order chi connectivity index (χ1) is 8.62. The smallest absolute Gasteiger partial charge is 0.175 e. The molecular weight excluding hydrogens is 262 g/mol. The average molecular weight is 283 g/mol. The Balaban J connectivity index is 2.26. The van der Waals surface area contributed by atoms with Crippen LogP contribution < -0.4 is 5.32 Å². The fourth-order valence-electron chi connectivity index (χ4n) is 2.32. The Kier molecular flexibility index (Phi) is 3.39. The van der Waals surface area contributed by atoms with Crippen molar-refractivity contribution in [2.24, 2.45) is 5.41 Å². The van der Waals surface area contributed by atoms with Crippen molar-refractivity contribution in [3.05, 3.63) is 23.8 Å².